The monoisotopic (exact) mass is 257 g/mol. The van der Waals surface area contributed by atoms with E-state index in [-0.39, 0.29) is 17.0 Å². The smallest absolute Gasteiger partial charge is 0.0190 e. The molecule has 0 aliphatic carbocycles. The number of halogens is 2. The van der Waals surface area contributed by atoms with Gasteiger partial charge in [-0.2, -0.15) is 0 Å². The molecule has 0 radical (unpaired) electrons. The van der Waals surface area contributed by atoms with Gasteiger partial charge in [0.2, 0.25) is 0 Å². The first-order valence-corrected chi connectivity index (χ1v) is 4.23. The van der Waals surface area contributed by atoms with E-state index in [0.29, 0.717) is 0 Å². The van der Waals surface area contributed by atoms with Crippen LogP contribution in [0.2, 0.25) is 0 Å². The van der Waals surface area contributed by atoms with Crippen LogP contribution in [0.15, 0.2) is 0 Å². The second kappa shape index (κ2) is 4.69. The maximum absolute atomic E-state index is 3.47. The van der Waals surface area contributed by atoms with Crippen LogP contribution in [-0.4, -0.2) is 29.9 Å². The summed E-state index contributed by atoms with van der Waals surface area (Å²) >= 11 is 3.47. The van der Waals surface area contributed by atoms with Crippen molar-refractivity contribution in [1.82, 2.24) is 4.90 Å². The summed E-state index contributed by atoms with van der Waals surface area (Å²) < 4.78 is 0. The Morgan fingerprint density at radius 2 is 2.33 bits per heavy atom. The van der Waals surface area contributed by atoms with Gasteiger partial charge in [0.05, 0.1) is 0 Å². The van der Waals surface area contributed by atoms with Gasteiger partial charge in [-0.05, 0) is 26.4 Å². The summed E-state index contributed by atoms with van der Waals surface area (Å²) in [7, 11) is 2.19. The fourth-order valence-corrected chi connectivity index (χ4v) is 1.99. The van der Waals surface area contributed by atoms with E-state index < -0.39 is 0 Å². The first-order chi connectivity index (χ1) is 3.84. The van der Waals surface area contributed by atoms with Gasteiger partial charge in [-0.15, -0.1) is 17.0 Å². The molecule has 1 rings (SSSR count). The fraction of sp³-hybridized carbons (Fsp3) is 1.00. The Morgan fingerprint density at radius 1 is 1.67 bits per heavy atom. The van der Waals surface area contributed by atoms with Gasteiger partial charge < -0.3 is 4.90 Å². The molecule has 56 valence electrons. The predicted octanol–water partition coefficient (Wildman–Crippen LogP) is 2.05. The molecule has 0 amide bonds. The molecular weight excluding hydrogens is 246 g/mol. The molecule has 1 heterocycles. The van der Waals surface area contributed by atoms with Crippen molar-refractivity contribution in [3.63, 3.8) is 0 Å². The van der Waals surface area contributed by atoms with Crippen LogP contribution >= 0.6 is 32.9 Å². The zero-order chi connectivity index (χ0) is 5.98. The highest BCUT2D eigenvalue weighted by atomic mass is 79.9. The molecule has 1 nitrogen and oxygen atoms in total. The summed E-state index contributed by atoms with van der Waals surface area (Å²) in [6.45, 7) is 1.29. The van der Waals surface area contributed by atoms with Crippen LogP contribution in [0, 0.1) is 0 Å². The first kappa shape index (κ1) is 9.92. The van der Waals surface area contributed by atoms with Crippen molar-refractivity contribution in [2.45, 2.75) is 18.9 Å². The lowest BCUT2D eigenvalue weighted by Gasteiger charge is -2.15. The SMILES string of the molecule is Br.CN1CCC[C@@H]1CBr. The third kappa shape index (κ3) is 2.56. The molecule has 1 aliphatic heterocycles. The van der Waals surface area contributed by atoms with Crippen LogP contribution in [0.1, 0.15) is 12.8 Å². The molecule has 0 aromatic carbocycles. The zero-order valence-corrected chi connectivity index (χ0v) is 8.94. The maximum Gasteiger partial charge on any atom is 0.0190 e. The molecular formula is C6H13Br2N. The van der Waals surface area contributed by atoms with Gasteiger partial charge in [-0.3, -0.25) is 0 Å². The highest BCUT2D eigenvalue weighted by Crippen LogP contribution is 2.15. The van der Waals surface area contributed by atoms with Gasteiger partial charge in [-0.25, -0.2) is 0 Å². The Hall–Kier alpha value is 0.920. The van der Waals surface area contributed by atoms with Gasteiger partial charge in [0.25, 0.3) is 0 Å². The topological polar surface area (TPSA) is 3.24 Å². The molecule has 0 unspecified atom stereocenters. The van der Waals surface area contributed by atoms with Crippen molar-refractivity contribution in [1.29, 1.82) is 0 Å². The van der Waals surface area contributed by atoms with Gasteiger partial charge in [0.15, 0.2) is 0 Å². The molecule has 3 heteroatoms. The Kier molecular flexibility index (Phi) is 5.17. The van der Waals surface area contributed by atoms with Crippen LogP contribution in [0.5, 0.6) is 0 Å². The van der Waals surface area contributed by atoms with E-state index in [4.69, 9.17) is 0 Å². The van der Waals surface area contributed by atoms with Crippen LogP contribution in [0.3, 0.4) is 0 Å². The second-order valence-corrected chi connectivity index (χ2v) is 3.08. The van der Waals surface area contributed by atoms with Crippen LogP contribution in [0.25, 0.3) is 0 Å². The van der Waals surface area contributed by atoms with E-state index >= 15 is 0 Å². The average Bonchev–Trinajstić information content (AvgIpc) is 2.14. The Labute approximate surface area is 75.7 Å². The Morgan fingerprint density at radius 3 is 2.56 bits per heavy atom. The summed E-state index contributed by atoms with van der Waals surface area (Å²) in [5.74, 6) is 0. The summed E-state index contributed by atoms with van der Waals surface area (Å²) in [4.78, 5) is 2.41. The zero-order valence-electron chi connectivity index (χ0n) is 5.64. The van der Waals surface area contributed by atoms with E-state index in [1.165, 1.54) is 19.4 Å². The largest absolute Gasteiger partial charge is 0.303 e. The summed E-state index contributed by atoms with van der Waals surface area (Å²) in [5, 5.41) is 1.14. The van der Waals surface area contributed by atoms with Crippen molar-refractivity contribution in [3.8, 4) is 0 Å². The average molecular weight is 259 g/mol. The lowest BCUT2D eigenvalue weighted by Crippen LogP contribution is -2.25. The fourth-order valence-electron chi connectivity index (χ4n) is 1.17. The number of nitrogens with zero attached hydrogens (tertiary/aromatic N) is 1. The van der Waals surface area contributed by atoms with Gasteiger partial charge in [-0.1, -0.05) is 15.9 Å². The number of likely N-dealkylation sites (tertiary alicyclic amines) is 1. The minimum Gasteiger partial charge on any atom is -0.303 e. The van der Waals surface area contributed by atoms with Gasteiger partial charge in [0.1, 0.15) is 0 Å². The van der Waals surface area contributed by atoms with Crippen molar-refractivity contribution < 1.29 is 0 Å². The van der Waals surface area contributed by atoms with Gasteiger partial charge >= 0.3 is 0 Å². The van der Waals surface area contributed by atoms with Crippen LogP contribution in [-0.2, 0) is 0 Å². The Balaban J connectivity index is 0.000000640. The highest BCUT2D eigenvalue weighted by molar-refractivity contribution is 9.09. The molecule has 0 bridgehead atoms. The minimum atomic E-state index is 0. The number of alkyl halides is 1. The second-order valence-electron chi connectivity index (χ2n) is 2.43. The lowest BCUT2D eigenvalue weighted by atomic mass is 10.2. The molecule has 0 saturated carbocycles. The van der Waals surface area contributed by atoms with Crippen LogP contribution in [0.4, 0.5) is 0 Å². The molecule has 0 N–H and O–H groups in total. The minimum absolute atomic E-state index is 0. The van der Waals surface area contributed by atoms with Crippen molar-refractivity contribution in [3.05, 3.63) is 0 Å². The maximum atomic E-state index is 3.47. The summed E-state index contributed by atoms with van der Waals surface area (Å²) in [6, 6.07) is 0.815. The third-order valence-corrected chi connectivity index (χ3v) is 2.60. The van der Waals surface area contributed by atoms with Gasteiger partial charge in [0, 0.05) is 11.4 Å². The number of rotatable bonds is 1. The number of hydrogen-bond acceptors (Lipinski definition) is 1. The van der Waals surface area contributed by atoms with Crippen molar-refractivity contribution in [2.24, 2.45) is 0 Å². The molecule has 0 aromatic rings. The quantitative estimate of drug-likeness (QED) is 0.651. The van der Waals surface area contributed by atoms with E-state index in [1.807, 2.05) is 0 Å². The number of hydrogen-bond donors (Lipinski definition) is 0. The third-order valence-electron chi connectivity index (χ3n) is 1.85. The molecule has 0 aromatic heterocycles. The summed E-state index contributed by atoms with van der Waals surface area (Å²) in [5.41, 5.74) is 0. The van der Waals surface area contributed by atoms with E-state index in [2.05, 4.69) is 27.9 Å². The standard InChI is InChI=1S/C6H12BrN.BrH/c1-8-4-2-3-6(8)5-7;/h6H,2-5H2,1H3;1H/t6-;/m1./s1. The van der Waals surface area contributed by atoms with Crippen molar-refractivity contribution in [2.75, 3.05) is 18.9 Å². The molecule has 1 fully saturated rings. The van der Waals surface area contributed by atoms with E-state index in [1.54, 1.807) is 0 Å². The van der Waals surface area contributed by atoms with Crippen molar-refractivity contribution >= 4 is 32.9 Å². The predicted molar refractivity (Wildman–Crippen MR) is 49.8 cm³/mol. The van der Waals surface area contributed by atoms with Crippen LogP contribution < -0.4 is 0 Å². The highest BCUT2D eigenvalue weighted by Gasteiger charge is 2.18. The van der Waals surface area contributed by atoms with E-state index in [0.717, 1.165) is 11.4 Å². The van der Waals surface area contributed by atoms with E-state index in [9.17, 15) is 0 Å². The molecule has 1 aliphatic rings. The lowest BCUT2D eigenvalue weighted by molar-refractivity contribution is 0.336. The molecule has 1 saturated heterocycles. The Bertz CT molecular complexity index is 77.5. The summed E-state index contributed by atoms with van der Waals surface area (Å²) in [6.07, 6.45) is 2.76. The first-order valence-electron chi connectivity index (χ1n) is 3.11. The normalized spacial score (nSPS) is 28.0. The molecule has 9 heavy (non-hydrogen) atoms. The molecule has 1 atom stereocenters. The molecule has 0 spiro atoms.